The van der Waals surface area contributed by atoms with E-state index in [4.69, 9.17) is 0 Å². The Labute approximate surface area is 109 Å². The van der Waals surface area contributed by atoms with E-state index in [0.29, 0.717) is 12.2 Å². The topological polar surface area (TPSA) is 61.4 Å². The van der Waals surface area contributed by atoms with Crippen LogP contribution >= 0.6 is 11.3 Å². The molecule has 0 atom stereocenters. The number of urea groups is 1. The summed E-state index contributed by atoms with van der Waals surface area (Å²) >= 11 is 1.58. The molecule has 2 aromatic rings. The molecule has 0 saturated carbocycles. The van der Waals surface area contributed by atoms with Gasteiger partial charge in [-0.1, -0.05) is 12.1 Å². The number of benzene rings is 1. The molecule has 0 aliphatic rings. The second kappa shape index (κ2) is 5.55. The fourth-order valence-corrected chi connectivity index (χ4v) is 2.14. The predicted octanol–water partition coefficient (Wildman–Crippen LogP) is 3.08. The number of aryl methyl sites for hydroxylation is 1. The lowest BCUT2D eigenvalue weighted by Gasteiger charge is -2.08. The van der Waals surface area contributed by atoms with Crippen molar-refractivity contribution >= 4 is 23.1 Å². The maximum atomic E-state index is 11.6. The molecule has 94 valence electrons. The Balaban J connectivity index is 1.91. The van der Waals surface area contributed by atoms with Crippen LogP contribution in [0.15, 0.2) is 35.7 Å². The smallest absolute Gasteiger partial charge is 0.319 e. The van der Waals surface area contributed by atoms with Gasteiger partial charge in [-0.2, -0.15) is 0 Å². The molecule has 1 heterocycles. The number of phenols is 1. The second-order valence-electron chi connectivity index (χ2n) is 3.91. The molecule has 0 fully saturated rings. The van der Waals surface area contributed by atoms with Gasteiger partial charge in [0.1, 0.15) is 5.75 Å². The van der Waals surface area contributed by atoms with Crippen molar-refractivity contribution in [2.45, 2.75) is 13.5 Å². The molecule has 0 spiro atoms. The van der Waals surface area contributed by atoms with Gasteiger partial charge in [-0.25, -0.2) is 4.79 Å². The molecule has 0 aliphatic carbocycles. The third-order valence-electron chi connectivity index (χ3n) is 2.40. The van der Waals surface area contributed by atoms with Crippen molar-refractivity contribution in [3.63, 3.8) is 0 Å². The molecule has 1 aromatic heterocycles. The minimum absolute atomic E-state index is 0.0706. The molecule has 0 aliphatic heterocycles. The van der Waals surface area contributed by atoms with Gasteiger partial charge in [-0.3, -0.25) is 0 Å². The Hall–Kier alpha value is -2.01. The summed E-state index contributed by atoms with van der Waals surface area (Å²) in [4.78, 5) is 12.7. The van der Waals surface area contributed by atoms with Crippen LogP contribution in [0, 0.1) is 6.92 Å². The van der Waals surface area contributed by atoms with Gasteiger partial charge in [-0.15, -0.1) is 11.3 Å². The standard InChI is InChI=1S/C13H14N2O2S/c1-9-4-5-11(12(16)7-9)15-13(17)14-8-10-3-2-6-18-10/h2-7,16H,8H2,1H3,(H2,14,15,17). The lowest BCUT2D eigenvalue weighted by atomic mass is 10.2. The van der Waals surface area contributed by atoms with Crippen LogP contribution < -0.4 is 10.6 Å². The molecule has 1 aromatic carbocycles. The van der Waals surface area contributed by atoms with Crippen molar-refractivity contribution in [1.29, 1.82) is 0 Å². The summed E-state index contributed by atoms with van der Waals surface area (Å²) < 4.78 is 0. The third-order valence-corrected chi connectivity index (χ3v) is 3.28. The Bertz CT molecular complexity index is 538. The number of anilines is 1. The molecule has 18 heavy (non-hydrogen) atoms. The average molecular weight is 262 g/mol. The highest BCUT2D eigenvalue weighted by atomic mass is 32.1. The quantitative estimate of drug-likeness (QED) is 0.744. The van der Waals surface area contributed by atoms with E-state index in [1.54, 1.807) is 23.5 Å². The van der Waals surface area contributed by atoms with Gasteiger partial charge in [0.2, 0.25) is 0 Å². The summed E-state index contributed by atoms with van der Waals surface area (Å²) in [6.07, 6.45) is 0. The number of aromatic hydroxyl groups is 1. The molecule has 2 amide bonds. The molecule has 5 heteroatoms. The number of thiophene rings is 1. The largest absolute Gasteiger partial charge is 0.506 e. The van der Waals surface area contributed by atoms with Gasteiger partial charge in [0.15, 0.2) is 0 Å². The van der Waals surface area contributed by atoms with E-state index in [1.165, 1.54) is 0 Å². The lowest BCUT2D eigenvalue weighted by Crippen LogP contribution is -2.27. The number of hydrogen-bond acceptors (Lipinski definition) is 3. The SMILES string of the molecule is Cc1ccc(NC(=O)NCc2cccs2)c(O)c1. The minimum Gasteiger partial charge on any atom is -0.506 e. The van der Waals surface area contributed by atoms with Crippen molar-refractivity contribution in [3.05, 3.63) is 46.2 Å². The maximum absolute atomic E-state index is 11.6. The van der Waals surface area contributed by atoms with Crippen LogP contribution in [0.2, 0.25) is 0 Å². The van der Waals surface area contributed by atoms with E-state index in [-0.39, 0.29) is 11.8 Å². The first-order valence-electron chi connectivity index (χ1n) is 5.52. The summed E-state index contributed by atoms with van der Waals surface area (Å²) in [5.74, 6) is 0.0706. The first kappa shape index (κ1) is 12.4. The molecule has 0 saturated heterocycles. The summed E-state index contributed by atoms with van der Waals surface area (Å²) in [5.41, 5.74) is 1.35. The maximum Gasteiger partial charge on any atom is 0.319 e. The third kappa shape index (κ3) is 3.24. The highest BCUT2D eigenvalue weighted by Crippen LogP contribution is 2.23. The van der Waals surface area contributed by atoms with Crippen LogP contribution in [0.5, 0.6) is 5.75 Å². The van der Waals surface area contributed by atoms with Crippen molar-refractivity contribution < 1.29 is 9.90 Å². The summed E-state index contributed by atoms with van der Waals surface area (Å²) in [6.45, 7) is 2.36. The van der Waals surface area contributed by atoms with Gasteiger partial charge < -0.3 is 15.7 Å². The fourth-order valence-electron chi connectivity index (χ4n) is 1.49. The zero-order chi connectivity index (χ0) is 13.0. The number of amides is 2. The Morgan fingerprint density at radius 3 is 2.89 bits per heavy atom. The monoisotopic (exact) mass is 262 g/mol. The van der Waals surface area contributed by atoms with Crippen LogP contribution in [-0.2, 0) is 6.54 Å². The Morgan fingerprint density at radius 2 is 2.22 bits per heavy atom. The Morgan fingerprint density at radius 1 is 1.39 bits per heavy atom. The molecule has 4 nitrogen and oxygen atoms in total. The van der Waals surface area contributed by atoms with Crippen LogP contribution in [0.25, 0.3) is 0 Å². The average Bonchev–Trinajstić information content (AvgIpc) is 2.83. The Kier molecular flexibility index (Phi) is 3.84. The first-order valence-corrected chi connectivity index (χ1v) is 6.40. The van der Waals surface area contributed by atoms with E-state index in [2.05, 4.69) is 10.6 Å². The zero-order valence-corrected chi connectivity index (χ0v) is 10.8. The van der Waals surface area contributed by atoms with Gasteiger partial charge >= 0.3 is 6.03 Å². The number of rotatable bonds is 3. The van der Waals surface area contributed by atoms with Crippen LogP contribution in [-0.4, -0.2) is 11.1 Å². The van der Waals surface area contributed by atoms with Gasteiger partial charge in [0, 0.05) is 4.88 Å². The van der Waals surface area contributed by atoms with Crippen LogP contribution in [0.3, 0.4) is 0 Å². The van der Waals surface area contributed by atoms with Crippen LogP contribution in [0.1, 0.15) is 10.4 Å². The molecule has 0 bridgehead atoms. The summed E-state index contributed by atoms with van der Waals surface area (Å²) in [7, 11) is 0. The predicted molar refractivity (Wildman–Crippen MR) is 73.0 cm³/mol. The number of phenolic OH excluding ortho intramolecular Hbond substituents is 1. The second-order valence-corrected chi connectivity index (χ2v) is 4.94. The normalized spacial score (nSPS) is 10.1. The van der Waals surface area contributed by atoms with Crippen molar-refractivity contribution in [2.24, 2.45) is 0 Å². The van der Waals surface area contributed by atoms with Gasteiger partial charge in [-0.05, 0) is 36.1 Å². The zero-order valence-electron chi connectivity index (χ0n) is 9.93. The van der Waals surface area contributed by atoms with E-state index in [9.17, 15) is 9.90 Å². The summed E-state index contributed by atoms with van der Waals surface area (Å²) in [6, 6.07) is 8.67. The minimum atomic E-state index is -0.331. The van der Waals surface area contributed by atoms with Crippen molar-refractivity contribution in [3.8, 4) is 5.75 Å². The van der Waals surface area contributed by atoms with E-state index in [0.717, 1.165) is 10.4 Å². The number of hydrogen-bond donors (Lipinski definition) is 3. The van der Waals surface area contributed by atoms with Crippen LogP contribution in [0.4, 0.5) is 10.5 Å². The van der Waals surface area contributed by atoms with E-state index < -0.39 is 0 Å². The van der Waals surface area contributed by atoms with Gasteiger partial charge in [0.05, 0.1) is 12.2 Å². The first-order chi connectivity index (χ1) is 8.65. The lowest BCUT2D eigenvalue weighted by molar-refractivity contribution is 0.251. The molecular weight excluding hydrogens is 248 g/mol. The molecular formula is C13H14N2O2S. The highest BCUT2D eigenvalue weighted by molar-refractivity contribution is 7.09. The fraction of sp³-hybridized carbons (Fsp3) is 0.154. The highest BCUT2D eigenvalue weighted by Gasteiger charge is 2.06. The van der Waals surface area contributed by atoms with E-state index in [1.807, 2.05) is 30.5 Å². The number of carbonyl (C=O) groups excluding carboxylic acids is 1. The van der Waals surface area contributed by atoms with Crippen molar-refractivity contribution in [1.82, 2.24) is 5.32 Å². The van der Waals surface area contributed by atoms with E-state index >= 15 is 0 Å². The summed E-state index contributed by atoms with van der Waals surface area (Å²) in [5, 5.41) is 16.9. The molecule has 0 radical (unpaired) electrons. The molecule has 2 rings (SSSR count). The molecule has 3 N–H and O–H groups in total. The molecule has 0 unspecified atom stereocenters. The number of nitrogens with one attached hydrogen (secondary N) is 2. The van der Waals surface area contributed by atoms with Gasteiger partial charge in [0.25, 0.3) is 0 Å². The van der Waals surface area contributed by atoms with Crippen molar-refractivity contribution in [2.75, 3.05) is 5.32 Å². The number of carbonyl (C=O) groups is 1.